The maximum Gasteiger partial charge on any atom is 4.00 e. The van der Waals surface area contributed by atoms with E-state index in [1.165, 1.54) is 22.3 Å². The van der Waals surface area contributed by atoms with Crippen LogP contribution in [0.25, 0.3) is 0 Å². The fraction of sp³-hybridized carbons (Fsp3) is 0.625. The molecule has 0 radical (unpaired) electrons. The van der Waals surface area contributed by atoms with Gasteiger partial charge in [-0.05, 0) is 154 Å². The Bertz CT molecular complexity index is 2170. The first-order chi connectivity index (χ1) is 30.7. The molecular weight excluding hydrogens is 943 g/mol. The van der Waals surface area contributed by atoms with Crippen molar-refractivity contribution in [3.63, 3.8) is 0 Å². The van der Waals surface area contributed by atoms with E-state index in [9.17, 15) is 20.4 Å². The number of hydrogen-bond acceptors (Lipinski definition) is 4. The average Bonchev–Trinajstić information content (AvgIpc) is 3.09. The Morgan fingerprint density at radius 3 is 0.479 bits per heavy atom. The van der Waals surface area contributed by atoms with Crippen LogP contribution in [0.1, 0.15) is 252 Å². The molecule has 4 nitrogen and oxygen atoms in total. The smallest absolute Gasteiger partial charge is 0.870 e. The molecule has 0 heterocycles. The molecule has 0 aromatic heterocycles. The van der Waals surface area contributed by atoms with Crippen LogP contribution in [0.2, 0.25) is 0 Å². The van der Waals surface area contributed by atoms with Crippen molar-refractivity contribution in [3.05, 3.63) is 93.0 Å². The third kappa shape index (κ3) is 15.4. The van der Waals surface area contributed by atoms with Gasteiger partial charge in [0, 0.05) is 0 Å². The molecule has 0 saturated heterocycles. The predicted molar refractivity (Wildman–Crippen MR) is 308 cm³/mol. The normalized spacial score (nSPS) is 13.9. The van der Waals surface area contributed by atoms with Crippen molar-refractivity contribution in [3.8, 4) is 23.0 Å². The van der Waals surface area contributed by atoms with Crippen molar-refractivity contribution in [2.45, 2.75) is 261 Å². The molecule has 0 unspecified atom stereocenters. The van der Waals surface area contributed by atoms with Crippen LogP contribution in [-0.2, 0) is 65.0 Å². The zero-order valence-corrected chi connectivity index (χ0v) is 54.3. The molecule has 0 aliphatic heterocycles. The number of hydrogen-bond donors (Lipinski definition) is 0. The molecule has 392 valence electrons. The second-order valence-corrected chi connectivity index (χ2v) is 37.5. The van der Waals surface area contributed by atoms with Gasteiger partial charge in [0.15, 0.2) is 0 Å². The van der Waals surface area contributed by atoms with Crippen LogP contribution in [-0.4, -0.2) is 10.3 Å². The van der Waals surface area contributed by atoms with E-state index in [0.29, 0.717) is 0 Å². The summed E-state index contributed by atoms with van der Waals surface area (Å²) in [6.45, 7) is 64.9. The summed E-state index contributed by atoms with van der Waals surface area (Å²) < 4.78 is 0. The summed E-state index contributed by atoms with van der Waals surface area (Å²) in [6, 6.07) is 17.0. The van der Waals surface area contributed by atoms with Crippen LogP contribution in [0.5, 0.6) is 23.0 Å². The first kappa shape index (κ1) is 64.8. The van der Waals surface area contributed by atoms with Gasteiger partial charge in [-0.15, -0.1) is 0 Å². The fourth-order valence-electron chi connectivity index (χ4n) is 9.12. The Kier molecular flexibility index (Phi) is 19.2. The van der Waals surface area contributed by atoms with Crippen molar-refractivity contribution < 1.29 is 42.1 Å². The molecule has 0 N–H and O–H groups in total. The Hall–Kier alpha value is -2.35. The van der Waals surface area contributed by atoms with Gasteiger partial charge in [0.2, 0.25) is 0 Å². The molecular formula is C64H100O4P2Ti+2. The Morgan fingerprint density at radius 2 is 0.380 bits per heavy atom. The molecule has 0 amide bonds. The molecule has 7 heteroatoms. The van der Waals surface area contributed by atoms with E-state index in [-0.39, 0.29) is 98.3 Å². The third-order valence-corrected chi connectivity index (χ3v) is 20.3. The molecule has 0 saturated carbocycles. The molecule has 4 aromatic carbocycles. The van der Waals surface area contributed by atoms with Crippen molar-refractivity contribution in [1.29, 1.82) is 0 Å². The zero-order chi connectivity index (χ0) is 55.0. The summed E-state index contributed by atoms with van der Waals surface area (Å²) in [5.41, 5.74) is 6.56. The maximum atomic E-state index is 14.2. The first-order valence-electron chi connectivity index (χ1n) is 25.9. The maximum absolute atomic E-state index is 14.2. The minimum atomic E-state index is -1.73. The second kappa shape index (κ2) is 21.0. The largest absolute Gasteiger partial charge is 4.00 e. The van der Waals surface area contributed by atoms with E-state index in [2.05, 4.69) is 256 Å². The summed E-state index contributed by atoms with van der Waals surface area (Å²) >= 11 is 0. The summed E-state index contributed by atoms with van der Waals surface area (Å²) in [7, 11) is -3.45. The molecule has 71 heavy (non-hydrogen) atoms. The predicted octanol–water partition coefficient (Wildman–Crippen LogP) is 14.0. The topological polar surface area (TPSA) is 92.2 Å². The molecule has 0 spiro atoms. The van der Waals surface area contributed by atoms with E-state index in [1.54, 1.807) is 0 Å². The fourth-order valence-corrected chi connectivity index (χ4v) is 15.6. The van der Waals surface area contributed by atoms with Gasteiger partial charge in [0.25, 0.3) is 0 Å². The van der Waals surface area contributed by atoms with Crippen molar-refractivity contribution in [2.75, 3.05) is 0 Å². The van der Waals surface area contributed by atoms with Gasteiger partial charge < -0.3 is 20.4 Å². The SMILES string of the molecule is CC(C)(C)c1cc([PH+](c2cc(C(C)(C)C)cc(C(C)(C)C)c2[O-])C(C)(C)C)c([O-])c(C(C)(C)C)c1.CC(C)(C)c1cc([PH+](c2cc(C(C)(C)C)cc(C(C)(C)C)c2[O-])C(C)(C)C)c([O-])c(C(C)(C)C)c1.[Ti+4]. The molecule has 0 atom stereocenters. The number of benzene rings is 4. The second-order valence-electron chi connectivity index (χ2n) is 30.9. The monoisotopic (exact) mass is 1040 g/mol. The summed E-state index contributed by atoms with van der Waals surface area (Å²) in [4.78, 5) is 0. The quantitative estimate of drug-likeness (QED) is 0.150. The minimum absolute atomic E-state index is 0. The van der Waals surface area contributed by atoms with Gasteiger partial charge in [-0.2, -0.15) is 0 Å². The van der Waals surface area contributed by atoms with Crippen molar-refractivity contribution in [2.24, 2.45) is 0 Å². The minimum Gasteiger partial charge on any atom is -0.870 e. The van der Waals surface area contributed by atoms with Gasteiger partial charge in [-0.3, -0.25) is 0 Å². The van der Waals surface area contributed by atoms with Gasteiger partial charge in [0.05, 0.1) is 47.4 Å². The molecule has 0 bridgehead atoms. The third-order valence-electron chi connectivity index (χ3n) is 13.6. The van der Waals surface area contributed by atoms with Crippen LogP contribution in [0.15, 0.2) is 48.5 Å². The standard InChI is InChI=1S/2C32H51O2P.Ti/c2*1-28(2,3)20-16-22(30(7,8)9)26(33)24(18-20)35(32(13,14)15)25-19-21(29(4,5)6)17-23(27(25)34)31(10,11)12;/h2*16-19,33-34H,1-15H3;/q;;+4/p-2. The summed E-state index contributed by atoms with van der Waals surface area (Å²) in [6.07, 6.45) is 0. The Balaban J connectivity index is 0.000000480. The van der Waals surface area contributed by atoms with Gasteiger partial charge in [-0.25, -0.2) is 0 Å². The molecule has 0 fully saturated rings. The van der Waals surface area contributed by atoms with Crippen LogP contribution < -0.4 is 41.6 Å². The van der Waals surface area contributed by atoms with Gasteiger partial charge >= 0.3 is 21.7 Å². The van der Waals surface area contributed by atoms with Gasteiger partial charge in [-0.1, -0.05) is 213 Å². The first-order valence-corrected chi connectivity index (χ1v) is 28.9. The van der Waals surface area contributed by atoms with Crippen LogP contribution >= 0.6 is 15.8 Å². The van der Waals surface area contributed by atoms with E-state index >= 15 is 0 Å². The number of rotatable bonds is 4. The van der Waals surface area contributed by atoms with Crippen LogP contribution in [0, 0.1) is 0 Å². The Morgan fingerprint density at radius 1 is 0.239 bits per heavy atom. The summed E-state index contributed by atoms with van der Waals surface area (Å²) in [5.74, 6) is 0.471. The molecule has 0 aliphatic rings. The average molecular weight is 1040 g/mol. The van der Waals surface area contributed by atoms with Gasteiger partial charge in [0.1, 0.15) is 0 Å². The zero-order valence-electron chi connectivity index (χ0n) is 50.8. The molecule has 4 aromatic rings. The summed E-state index contributed by atoms with van der Waals surface area (Å²) in [5, 5.41) is 59.6. The van der Waals surface area contributed by atoms with Crippen molar-refractivity contribution >= 4 is 37.1 Å². The van der Waals surface area contributed by atoms with E-state index in [4.69, 9.17) is 0 Å². The van der Waals surface area contributed by atoms with E-state index < -0.39 is 15.8 Å². The van der Waals surface area contributed by atoms with Crippen LogP contribution in [0.4, 0.5) is 0 Å². The molecule has 4 rings (SSSR count). The van der Waals surface area contributed by atoms with E-state index in [1.807, 2.05) is 0 Å². The van der Waals surface area contributed by atoms with Crippen molar-refractivity contribution in [1.82, 2.24) is 0 Å². The van der Waals surface area contributed by atoms with Crippen LogP contribution in [0.3, 0.4) is 0 Å². The molecule has 0 aliphatic carbocycles. The Labute approximate surface area is 453 Å². The van der Waals surface area contributed by atoms with E-state index in [0.717, 1.165) is 43.5 Å².